The van der Waals surface area contributed by atoms with Gasteiger partial charge in [-0.05, 0) is 56.7 Å². The minimum absolute atomic E-state index is 0.00358. The highest BCUT2D eigenvalue weighted by atomic mass is 16.2. The lowest BCUT2D eigenvalue weighted by Gasteiger charge is -2.42. The van der Waals surface area contributed by atoms with Crippen LogP contribution in [0.2, 0.25) is 0 Å². The van der Waals surface area contributed by atoms with E-state index < -0.39 is 0 Å². The average Bonchev–Trinajstić information content (AvgIpc) is 3.18. The van der Waals surface area contributed by atoms with Crippen LogP contribution in [0.5, 0.6) is 0 Å². The first-order valence-electron chi connectivity index (χ1n) is 11.5. The highest BCUT2D eigenvalue weighted by molar-refractivity contribution is 5.93. The molecule has 168 valence electrons. The number of aromatic nitrogens is 4. The van der Waals surface area contributed by atoms with Crippen LogP contribution in [0, 0.1) is 13.8 Å². The Morgan fingerprint density at radius 3 is 2.31 bits per heavy atom. The second-order valence-corrected chi connectivity index (χ2v) is 9.12. The molecule has 1 N–H and O–H groups in total. The highest BCUT2D eigenvalue weighted by Crippen LogP contribution is 2.29. The van der Waals surface area contributed by atoms with Crippen molar-refractivity contribution in [2.75, 3.05) is 26.2 Å². The number of H-pyrrole nitrogens is 1. The number of nitrogens with one attached hydrogen (secondary N) is 1. The maximum absolute atomic E-state index is 12.7. The molecule has 8 nitrogen and oxygen atoms in total. The molecule has 3 aromatic rings. The molecule has 0 aliphatic carbocycles. The van der Waals surface area contributed by atoms with Gasteiger partial charge in [0.25, 0.3) is 5.91 Å². The largest absolute Gasteiger partial charge is 0.338 e. The molecule has 2 aliphatic heterocycles. The van der Waals surface area contributed by atoms with Crippen LogP contribution in [0.4, 0.5) is 0 Å². The van der Waals surface area contributed by atoms with E-state index in [1.165, 1.54) is 11.9 Å². The van der Waals surface area contributed by atoms with Gasteiger partial charge in [-0.1, -0.05) is 6.07 Å². The molecule has 2 fully saturated rings. The zero-order valence-corrected chi connectivity index (χ0v) is 18.8. The zero-order valence-electron chi connectivity index (χ0n) is 18.8. The summed E-state index contributed by atoms with van der Waals surface area (Å²) in [6.45, 7) is 7.65. The molecule has 8 heteroatoms. The van der Waals surface area contributed by atoms with Crippen molar-refractivity contribution in [3.63, 3.8) is 0 Å². The summed E-state index contributed by atoms with van der Waals surface area (Å²) in [5.41, 5.74) is 4.90. The quantitative estimate of drug-likeness (QED) is 0.685. The number of likely N-dealkylation sites (tertiary alicyclic amines) is 2. The second-order valence-electron chi connectivity index (χ2n) is 9.12. The third-order valence-corrected chi connectivity index (χ3v) is 7.36. The third-order valence-electron chi connectivity index (χ3n) is 7.36. The Balaban J connectivity index is 1.21. The highest BCUT2D eigenvalue weighted by Gasteiger charge is 2.31. The number of aryl methyl sites for hydroxylation is 2. The SMILES string of the molecule is Cc1ccc2c([nH]c(=O)n2C2CCN(C3CCN(C(=O)c4cncnc4)CC3)CC2)c1C. The molecule has 2 aliphatic rings. The molecule has 0 unspecified atom stereocenters. The summed E-state index contributed by atoms with van der Waals surface area (Å²) >= 11 is 0. The van der Waals surface area contributed by atoms with Crippen LogP contribution >= 0.6 is 0 Å². The number of carbonyl (C=O) groups excluding carboxylic acids is 1. The fraction of sp³-hybridized carbons (Fsp3) is 0.500. The molecule has 32 heavy (non-hydrogen) atoms. The number of aromatic amines is 1. The maximum Gasteiger partial charge on any atom is 0.326 e. The van der Waals surface area contributed by atoms with Crippen molar-refractivity contribution in [1.29, 1.82) is 0 Å². The topological polar surface area (TPSA) is 87.1 Å². The van der Waals surface area contributed by atoms with Crippen molar-refractivity contribution in [1.82, 2.24) is 29.3 Å². The summed E-state index contributed by atoms with van der Waals surface area (Å²) < 4.78 is 1.97. The summed E-state index contributed by atoms with van der Waals surface area (Å²) in [6, 6.07) is 4.91. The van der Waals surface area contributed by atoms with E-state index in [1.54, 1.807) is 12.4 Å². The maximum atomic E-state index is 12.7. The molecule has 0 bridgehead atoms. The van der Waals surface area contributed by atoms with Crippen LogP contribution in [0.25, 0.3) is 11.0 Å². The summed E-state index contributed by atoms with van der Waals surface area (Å²) in [7, 11) is 0. The van der Waals surface area contributed by atoms with Gasteiger partial charge in [0.2, 0.25) is 0 Å². The fourth-order valence-corrected chi connectivity index (χ4v) is 5.33. The minimum Gasteiger partial charge on any atom is -0.338 e. The predicted octanol–water partition coefficient (Wildman–Crippen LogP) is 2.68. The predicted molar refractivity (Wildman–Crippen MR) is 123 cm³/mol. The van der Waals surface area contributed by atoms with Gasteiger partial charge in [-0.15, -0.1) is 0 Å². The Morgan fingerprint density at radius 2 is 1.62 bits per heavy atom. The molecule has 0 saturated carbocycles. The van der Waals surface area contributed by atoms with E-state index in [-0.39, 0.29) is 17.6 Å². The van der Waals surface area contributed by atoms with E-state index in [0.29, 0.717) is 11.6 Å². The molecule has 4 heterocycles. The van der Waals surface area contributed by atoms with Gasteiger partial charge in [0.1, 0.15) is 6.33 Å². The van der Waals surface area contributed by atoms with Crippen molar-refractivity contribution in [2.45, 2.75) is 51.6 Å². The minimum atomic E-state index is 0.00358. The van der Waals surface area contributed by atoms with E-state index in [1.807, 2.05) is 9.47 Å². The van der Waals surface area contributed by atoms with Gasteiger partial charge >= 0.3 is 5.69 Å². The third kappa shape index (κ3) is 3.72. The molecule has 2 aromatic heterocycles. The molecule has 5 rings (SSSR count). The number of hydrogen-bond donors (Lipinski definition) is 1. The van der Waals surface area contributed by atoms with E-state index in [0.717, 1.165) is 68.5 Å². The lowest BCUT2D eigenvalue weighted by Crippen LogP contribution is -2.49. The number of amides is 1. The van der Waals surface area contributed by atoms with Gasteiger partial charge in [-0.3, -0.25) is 9.36 Å². The van der Waals surface area contributed by atoms with Crippen molar-refractivity contribution >= 4 is 16.9 Å². The lowest BCUT2D eigenvalue weighted by atomic mass is 9.97. The van der Waals surface area contributed by atoms with Crippen molar-refractivity contribution < 1.29 is 4.79 Å². The summed E-state index contributed by atoms with van der Waals surface area (Å²) in [5.74, 6) is 0.0204. The van der Waals surface area contributed by atoms with Crippen LogP contribution in [-0.2, 0) is 0 Å². The van der Waals surface area contributed by atoms with Crippen LogP contribution < -0.4 is 5.69 Å². The summed E-state index contributed by atoms with van der Waals surface area (Å²) in [6.07, 6.45) is 8.52. The van der Waals surface area contributed by atoms with Crippen LogP contribution in [-0.4, -0.2) is 67.4 Å². The van der Waals surface area contributed by atoms with E-state index >= 15 is 0 Å². The van der Waals surface area contributed by atoms with Crippen molar-refractivity contribution in [3.8, 4) is 0 Å². The molecule has 0 radical (unpaired) electrons. The zero-order chi connectivity index (χ0) is 22.2. The molecule has 1 amide bonds. The molecule has 2 saturated heterocycles. The standard InChI is InChI=1S/C24H30N6O2/c1-16-3-4-21-22(17(16)2)27-24(32)30(21)20-7-9-28(10-8-20)19-5-11-29(12-6-19)23(31)18-13-25-15-26-14-18/h3-4,13-15,19-20H,5-12H2,1-2H3,(H,27,32). The molecular formula is C24H30N6O2. The monoisotopic (exact) mass is 434 g/mol. The van der Waals surface area contributed by atoms with Gasteiger partial charge in [0, 0.05) is 50.7 Å². The Labute approximate surface area is 187 Å². The molecule has 0 spiro atoms. The summed E-state index contributed by atoms with van der Waals surface area (Å²) in [5, 5.41) is 0. The van der Waals surface area contributed by atoms with E-state index in [9.17, 15) is 9.59 Å². The molecular weight excluding hydrogens is 404 g/mol. The van der Waals surface area contributed by atoms with E-state index in [4.69, 9.17) is 0 Å². The van der Waals surface area contributed by atoms with Gasteiger partial charge < -0.3 is 14.8 Å². The fourth-order valence-electron chi connectivity index (χ4n) is 5.33. The van der Waals surface area contributed by atoms with Crippen LogP contribution in [0.1, 0.15) is 53.2 Å². The van der Waals surface area contributed by atoms with Gasteiger partial charge in [0.05, 0.1) is 16.6 Å². The first kappa shape index (κ1) is 20.9. The van der Waals surface area contributed by atoms with E-state index in [2.05, 4.69) is 45.8 Å². The van der Waals surface area contributed by atoms with Crippen LogP contribution in [0.3, 0.4) is 0 Å². The normalized spacial score (nSPS) is 19.0. The van der Waals surface area contributed by atoms with Gasteiger partial charge in [-0.25, -0.2) is 14.8 Å². The van der Waals surface area contributed by atoms with Gasteiger partial charge in [-0.2, -0.15) is 0 Å². The molecule has 1 aromatic carbocycles. The Bertz CT molecular complexity index is 1170. The number of nitrogens with zero attached hydrogens (tertiary/aromatic N) is 5. The lowest BCUT2D eigenvalue weighted by molar-refractivity contribution is 0.0557. The number of carbonyl (C=O) groups is 1. The Kier molecular flexibility index (Phi) is 5.55. The first-order chi connectivity index (χ1) is 15.5. The first-order valence-corrected chi connectivity index (χ1v) is 11.5. The average molecular weight is 435 g/mol. The number of hydrogen-bond acceptors (Lipinski definition) is 5. The number of benzene rings is 1. The number of imidazole rings is 1. The van der Waals surface area contributed by atoms with Crippen molar-refractivity contribution in [3.05, 3.63) is 58.0 Å². The van der Waals surface area contributed by atoms with Crippen molar-refractivity contribution in [2.24, 2.45) is 0 Å². The van der Waals surface area contributed by atoms with Gasteiger partial charge in [0.15, 0.2) is 0 Å². The number of rotatable bonds is 3. The Morgan fingerprint density at radius 1 is 0.969 bits per heavy atom. The number of piperidine rings is 2. The smallest absolute Gasteiger partial charge is 0.326 e. The molecule has 0 atom stereocenters. The number of fused-ring (bicyclic) bond motifs is 1. The Hall–Kier alpha value is -3.00. The van der Waals surface area contributed by atoms with Crippen LogP contribution in [0.15, 0.2) is 35.6 Å². The summed E-state index contributed by atoms with van der Waals surface area (Å²) in [4.78, 5) is 40.9. The second kappa shape index (κ2) is 8.50.